The number of hydrogen-bond donors (Lipinski definition) is 1. The van der Waals surface area contributed by atoms with E-state index in [1.807, 2.05) is 6.07 Å². The molecule has 0 fully saturated rings. The lowest BCUT2D eigenvalue weighted by Crippen LogP contribution is -2.05. The number of thiophene rings is 1. The Balaban J connectivity index is 1.97. The number of anilines is 1. The summed E-state index contributed by atoms with van der Waals surface area (Å²) in [5.41, 5.74) is 1.40. The first kappa shape index (κ1) is 12.4. The fraction of sp³-hybridized carbons (Fsp3) is 0.231. The number of rotatable bonds is 4. The molecule has 0 radical (unpaired) electrons. The topological polar surface area (TPSA) is 12.0 Å². The minimum absolute atomic E-state index is 0.265. The highest BCUT2D eigenvalue weighted by atomic mass is 35.5. The van der Waals surface area contributed by atoms with Crippen LogP contribution in [0.4, 0.5) is 10.1 Å². The van der Waals surface area contributed by atoms with Crippen molar-refractivity contribution in [3.05, 3.63) is 50.9 Å². The second-order valence-corrected chi connectivity index (χ2v) is 5.28. The van der Waals surface area contributed by atoms with Gasteiger partial charge in [0.15, 0.2) is 0 Å². The van der Waals surface area contributed by atoms with Gasteiger partial charge in [-0.25, -0.2) is 4.39 Å². The van der Waals surface area contributed by atoms with E-state index in [4.69, 9.17) is 11.6 Å². The van der Waals surface area contributed by atoms with Gasteiger partial charge in [-0.3, -0.25) is 0 Å². The first-order chi connectivity index (χ1) is 8.16. The molecule has 1 nitrogen and oxygen atoms in total. The van der Waals surface area contributed by atoms with E-state index < -0.39 is 0 Å². The van der Waals surface area contributed by atoms with Gasteiger partial charge in [0.05, 0.1) is 10.7 Å². The van der Waals surface area contributed by atoms with Gasteiger partial charge in [0.1, 0.15) is 5.82 Å². The third-order valence-electron chi connectivity index (χ3n) is 2.52. The van der Waals surface area contributed by atoms with Crippen molar-refractivity contribution in [2.45, 2.75) is 13.3 Å². The molecule has 0 amide bonds. The summed E-state index contributed by atoms with van der Waals surface area (Å²) in [6.45, 7) is 2.53. The molecular weight excluding hydrogens is 257 g/mol. The van der Waals surface area contributed by atoms with Crippen LogP contribution in [0.15, 0.2) is 29.6 Å². The summed E-state index contributed by atoms with van der Waals surface area (Å²) < 4.78 is 13.2. The fourth-order valence-electron chi connectivity index (χ4n) is 1.57. The van der Waals surface area contributed by atoms with Gasteiger partial charge in [-0.1, -0.05) is 17.7 Å². The number of halogens is 2. The molecule has 2 rings (SSSR count). The minimum Gasteiger partial charge on any atom is -0.383 e. The molecule has 0 bridgehead atoms. The van der Waals surface area contributed by atoms with Crippen LogP contribution >= 0.6 is 22.9 Å². The van der Waals surface area contributed by atoms with Crippen molar-refractivity contribution in [3.63, 3.8) is 0 Å². The van der Waals surface area contributed by atoms with Crippen LogP contribution < -0.4 is 5.32 Å². The van der Waals surface area contributed by atoms with Crippen LogP contribution in [-0.2, 0) is 6.42 Å². The molecular formula is C13H13ClFNS. The Morgan fingerprint density at radius 3 is 2.94 bits per heavy atom. The van der Waals surface area contributed by atoms with Gasteiger partial charge in [-0.05, 0) is 42.5 Å². The predicted molar refractivity (Wildman–Crippen MR) is 72.7 cm³/mol. The Morgan fingerprint density at radius 2 is 2.24 bits per heavy atom. The van der Waals surface area contributed by atoms with E-state index >= 15 is 0 Å². The van der Waals surface area contributed by atoms with Crippen molar-refractivity contribution in [3.8, 4) is 0 Å². The molecule has 0 spiro atoms. The Hall–Kier alpha value is -1.06. The average Bonchev–Trinajstić information content (AvgIpc) is 2.78. The summed E-state index contributed by atoms with van der Waals surface area (Å²) in [4.78, 5) is 1.33. The van der Waals surface area contributed by atoms with Crippen molar-refractivity contribution in [2.75, 3.05) is 11.9 Å². The van der Waals surface area contributed by atoms with E-state index in [0.29, 0.717) is 10.6 Å². The van der Waals surface area contributed by atoms with Gasteiger partial charge in [0, 0.05) is 11.4 Å². The van der Waals surface area contributed by atoms with Gasteiger partial charge in [0.25, 0.3) is 0 Å². The summed E-state index contributed by atoms with van der Waals surface area (Å²) in [5.74, 6) is -0.265. The first-order valence-corrected chi connectivity index (χ1v) is 6.64. The maximum Gasteiger partial charge on any atom is 0.127 e. The monoisotopic (exact) mass is 269 g/mol. The van der Waals surface area contributed by atoms with Crippen LogP contribution in [0.1, 0.15) is 10.4 Å². The highest BCUT2D eigenvalue weighted by Gasteiger charge is 2.05. The van der Waals surface area contributed by atoms with E-state index in [1.165, 1.54) is 10.9 Å². The smallest absolute Gasteiger partial charge is 0.127 e. The standard InChI is InChI=1S/C13H13ClFNS/c1-9-7-13(11(14)8-12(9)15)16-5-4-10-3-2-6-17-10/h2-3,6-8,16H,4-5H2,1H3. The fourth-order valence-corrected chi connectivity index (χ4v) is 2.49. The number of benzene rings is 1. The molecule has 0 saturated heterocycles. The molecule has 4 heteroatoms. The van der Waals surface area contributed by atoms with Crippen molar-refractivity contribution in [1.29, 1.82) is 0 Å². The van der Waals surface area contributed by atoms with Gasteiger partial charge in [-0.15, -0.1) is 11.3 Å². The molecule has 1 N–H and O–H groups in total. The minimum atomic E-state index is -0.265. The molecule has 1 aromatic heterocycles. The predicted octanol–water partition coefficient (Wildman–Crippen LogP) is 4.50. The highest BCUT2D eigenvalue weighted by Crippen LogP contribution is 2.25. The number of aryl methyl sites for hydroxylation is 1. The maximum absolute atomic E-state index is 13.2. The lowest BCUT2D eigenvalue weighted by Gasteiger charge is -2.09. The highest BCUT2D eigenvalue weighted by molar-refractivity contribution is 7.09. The number of nitrogens with one attached hydrogen (secondary N) is 1. The molecule has 0 aliphatic carbocycles. The molecule has 0 saturated carbocycles. The molecule has 1 aromatic carbocycles. The summed E-state index contributed by atoms with van der Waals surface area (Å²) >= 11 is 7.70. The largest absolute Gasteiger partial charge is 0.383 e. The summed E-state index contributed by atoms with van der Waals surface area (Å²) in [6, 6.07) is 7.23. The van der Waals surface area contributed by atoms with Crippen molar-refractivity contribution in [2.24, 2.45) is 0 Å². The van der Waals surface area contributed by atoms with E-state index in [-0.39, 0.29) is 5.82 Å². The summed E-state index contributed by atoms with van der Waals surface area (Å²) in [5, 5.41) is 5.72. The Bertz CT molecular complexity index is 496. The third kappa shape index (κ3) is 3.20. The average molecular weight is 270 g/mol. The van der Waals surface area contributed by atoms with Crippen LogP contribution in [0, 0.1) is 12.7 Å². The SMILES string of the molecule is Cc1cc(NCCc2cccs2)c(Cl)cc1F. The van der Waals surface area contributed by atoms with E-state index in [2.05, 4.69) is 16.8 Å². The zero-order valence-corrected chi connectivity index (χ0v) is 11.0. The van der Waals surface area contributed by atoms with Crippen molar-refractivity contribution in [1.82, 2.24) is 0 Å². The molecule has 90 valence electrons. The van der Waals surface area contributed by atoms with E-state index in [0.717, 1.165) is 18.7 Å². The Kier molecular flexibility index (Phi) is 4.02. The normalized spacial score (nSPS) is 10.5. The number of hydrogen-bond acceptors (Lipinski definition) is 2. The lowest BCUT2D eigenvalue weighted by atomic mass is 10.2. The van der Waals surface area contributed by atoms with Crippen LogP contribution in [0.25, 0.3) is 0 Å². The second-order valence-electron chi connectivity index (χ2n) is 3.84. The second kappa shape index (κ2) is 5.52. The van der Waals surface area contributed by atoms with Gasteiger partial charge < -0.3 is 5.32 Å². The molecule has 2 aromatic rings. The molecule has 17 heavy (non-hydrogen) atoms. The van der Waals surface area contributed by atoms with Crippen molar-refractivity contribution < 1.29 is 4.39 Å². The van der Waals surface area contributed by atoms with E-state index in [9.17, 15) is 4.39 Å². The van der Waals surface area contributed by atoms with Gasteiger partial charge >= 0.3 is 0 Å². The van der Waals surface area contributed by atoms with Crippen LogP contribution in [0.5, 0.6) is 0 Å². The molecule has 0 aliphatic rings. The summed E-state index contributed by atoms with van der Waals surface area (Å²) in [7, 11) is 0. The Morgan fingerprint density at radius 1 is 1.41 bits per heavy atom. The van der Waals surface area contributed by atoms with Gasteiger partial charge in [-0.2, -0.15) is 0 Å². The maximum atomic E-state index is 13.2. The quantitative estimate of drug-likeness (QED) is 0.861. The molecule has 0 atom stereocenters. The summed E-state index contributed by atoms with van der Waals surface area (Å²) in [6.07, 6.45) is 0.949. The van der Waals surface area contributed by atoms with Crippen LogP contribution in [0.3, 0.4) is 0 Å². The molecule has 1 heterocycles. The molecule has 0 aliphatic heterocycles. The van der Waals surface area contributed by atoms with E-state index in [1.54, 1.807) is 24.3 Å². The third-order valence-corrected chi connectivity index (χ3v) is 3.76. The van der Waals surface area contributed by atoms with Crippen LogP contribution in [-0.4, -0.2) is 6.54 Å². The zero-order chi connectivity index (χ0) is 12.3. The van der Waals surface area contributed by atoms with Crippen molar-refractivity contribution >= 4 is 28.6 Å². The lowest BCUT2D eigenvalue weighted by molar-refractivity contribution is 0.619. The van der Waals surface area contributed by atoms with Gasteiger partial charge in [0.2, 0.25) is 0 Å². The van der Waals surface area contributed by atoms with Crippen LogP contribution in [0.2, 0.25) is 5.02 Å². The Labute approximate surface area is 109 Å². The zero-order valence-electron chi connectivity index (χ0n) is 9.47. The first-order valence-electron chi connectivity index (χ1n) is 5.38. The molecule has 0 unspecified atom stereocenters.